The van der Waals surface area contributed by atoms with E-state index in [1.165, 1.54) is 5.57 Å². The molecule has 1 aliphatic carbocycles. The molecule has 0 aromatic heterocycles. The SMILES string of the molecule is C/C=C1\CCC2(OCCO2)C(C(C)(C)C=O)C1. The molecule has 0 amide bonds. The van der Waals surface area contributed by atoms with Gasteiger partial charge in [0.2, 0.25) is 0 Å². The highest BCUT2D eigenvalue weighted by Gasteiger charge is 2.52. The van der Waals surface area contributed by atoms with Crippen molar-refractivity contribution in [3.8, 4) is 0 Å². The number of aldehydes is 1. The molecule has 1 atom stereocenters. The fourth-order valence-corrected chi connectivity index (χ4v) is 3.02. The summed E-state index contributed by atoms with van der Waals surface area (Å²) in [5.74, 6) is -0.397. The van der Waals surface area contributed by atoms with E-state index in [-0.39, 0.29) is 5.92 Å². The summed E-state index contributed by atoms with van der Waals surface area (Å²) in [4.78, 5) is 11.3. The maximum atomic E-state index is 11.3. The molecule has 96 valence electrons. The molecule has 1 spiro atoms. The molecular formula is C14H22O3. The molecule has 0 N–H and O–H groups in total. The molecule has 2 aliphatic rings. The Hall–Kier alpha value is -0.670. The zero-order valence-electron chi connectivity index (χ0n) is 11.0. The molecule has 2 rings (SSSR count). The minimum Gasteiger partial charge on any atom is -0.347 e. The van der Waals surface area contributed by atoms with Gasteiger partial charge in [0, 0.05) is 17.8 Å². The lowest BCUT2D eigenvalue weighted by Gasteiger charge is -2.46. The highest BCUT2D eigenvalue weighted by molar-refractivity contribution is 5.59. The van der Waals surface area contributed by atoms with E-state index in [9.17, 15) is 4.79 Å². The fraction of sp³-hybridized carbons (Fsp3) is 0.786. The fourth-order valence-electron chi connectivity index (χ4n) is 3.02. The quantitative estimate of drug-likeness (QED) is 0.548. The summed E-state index contributed by atoms with van der Waals surface area (Å²) in [6, 6.07) is 0. The second-order valence-electron chi connectivity index (χ2n) is 5.65. The molecule has 3 heteroatoms. The second-order valence-corrected chi connectivity index (χ2v) is 5.65. The van der Waals surface area contributed by atoms with Crippen molar-refractivity contribution in [2.24, 2.45) is 11.3 Å². The Labute approximate surface area is 103 Å². The van der Waals surface area contributed by atoms with Crippen LogP contribution >= 0.6 is 0 Å². The van der Waals surface area contributed by atoms with Crippen LogP contribution in [0, 0.1) is 11.3 Å². The van der Waals surface area contributed by atoms with Crippen LogP contribution in [0.3, 0.4) is 0 Å². The van der Waals surface area contributed by atoms with Crippen molar-refractivity contribution < 1.29 is 14.3 Å². The lowest BCUT2D eigenvalue weighted by Crippen LogP contribution is -2.49. The van der Waals surface area contributed by atoms with Gasteiger partial charge < -0.3 is 14.3 Å². The Bertz CT molecular complexity index is 324. The average Bonchev–Trinajstić information content (AvgIpc) is 2.79. The normalized spacial score (nSPS) is 31.0. The van der Waals surface area contributed by atoms with E-state index in [4.69, 9.17) is 9.47 Å². The van der Waals surface area contributed by atoms with Gasteiger partial charge in [-0.25, -0.2) is 0 Å². The van der Waals surface area contributed by atoms with Crippen molar-refractivity contribution >= 4 is 6.29 Å². The standard InChI is InChI=1S/C14H22O3/c1-4-11-5-6-14(16-7-8-17-14)12(9-11)13(2,3)10-15/h4,10,12H,5-9H2,1-3H3/b11-4+. The Morgan fingerprint density at radius 2 is 2.00 bits per heavy atom. The summed E-state index contributed by atoms with van der Waals surface area (Å²) >= 11 is 0. The zero-order valence-corrected chi connectivity index (χ0v) is 11.0. The van der Waals surface area contributed by atoms with E-state index in [1.807, 2.05) is 13.8 Å². The third kappa shape index (κ3) is 2.18. The summed E-state index contributed by atoms with van der Waals surface area (Å²) in [5, 5.41) is 0. The van der Waals surface area contributed by atoms with E-state index in [0.717, 1.165) is 25.5 Å². The van der Waals surface area contributed by atoms with Crippen LogP contribution in [0.15, 0.2) is 11.6 Å². The van der Waals surface area contributed by atoms with Crippen LogP contribution in [-0.4, -0.2) is 25.3 Å². The van der Waals surface area contributed by atoms with Gasteiger partial charge in [-0.3, -0.25) is 0 Å². The van der Waals surface area contributed by atoms with Gasteiger partial charge in [0.15, 0.2) is 5.79 Å². The summed E-state index contributed by atoms with van der Waals surface area (Å²) in [5.41, 5.74) is 1.01. The van der Waals surface area contributed by atoms with Gasteiger partial charge in [-0.2, -0.15) is 0 Å². The van der Waals surface area contributed by atoms with Crippen LogP contribution in [0.1, 0.15) is 40.0 Å². The first-order valence-electron chi connectivity index (χ1n) is 6.42. The number of hydrogen-bond donors (Lipinski definition) is 0. The molecule has 3 nitrogen and oxygen atoms in total. The molecule has 17 heavy (non-hydrogen) atoms. The number of allylic oxidation sites excluding steroid dienone is 2. The third-order valence-corrected chi connectivity index (χ3v) is 4.18. The van der Waals surface area contributed by atoms with Crippen LogP contribution in [-0.2, 0) is 14.3 Å². The molecule has 0 radical (unpaired) electrons. The Morgan fingerprint density at radius 1 is 1.35 bits per heavy atom. The average molecular weight is 238 g/mol. The second kappa shape index (κ2) is 4.54. The van der Waals surface area contributed by atoms with Gasteiger partial charge in [0.05, 0.1) is 13.2 Å². The molecule has 2 fully saturated rings. The molecule has 0 aromatic rings. The van der Waals surface area contributed by atoms with E-state index >= 15 is 0 Å². The number of hydrogen-bond acceptors (Lipinski definition) is 3. The van der Waals surface area contributed by atoms with Crippen LogP contribution in [0.25, 0.3) is 0 Å². The van der Waals surface area contributed by atoms with Gasteiger partial charge in [-0.15, -0.1) is 0 Å². The predicted molar refractivity (Wildman–Crippen MR) is 65.6 cm³/mol. The van der Waals surface area contributed by atoms with Gasteiger partial charge in [-0.05, 0) is 19.8 Å². The van der Waals surface area contributed by atoms with Crippen LogP contribution in [0.2, 0.25) is 0 Å². The first-order chi connectivity index (χ1) is 8.04. The van der Waals surface area contributed by atoms with Crippen molar-refractivity contribution in [3.05, 3.63) is 11.6 Å². The van der Waals surface area contributed by atoms with E-state index < -0.39 is 11.2 Å². The van der Waals surface area contributed by atoms with Gasteiger partial charge in [0.25, 0.3) is 0 Å². The number of rotatable bonds is 2. The molecule has 0 aromatic carbocycles. The van der Waals surface area contributed by atoms with Crippen molar-refractivity contribution in [1.82, 2.24) is 0 Å². The minimum atomic E-state index is -0.517. The van der Waals surface area contributed by atoms with Gasteiger partial charge >= 0.3 is 0 Å². The topological polar surface area (TPSA) is 35.5 Å². The van der Waals surface area contributed by atoms with Crippen molar-refractivity contribution in [2.75, 3.05) is 13.2 Å². The summed E-state index contributed by atoms with van der Waals surface area (Å²) in [6.45, 7) is 7.33. The zero-order chi connectivity index (χ0) is 12.5. The van der Waals surface area contributed by atoms with Gasteiger partial charge in [-0.1, -0.05) is 25.5 Å². The smallest absolute Gasteiger partial charge is 0.172 e. The molecule has 1 heterocycles. The molecular weight excluding hydrogens is 216 g/mol. The number of carbonyl (C=O) groups excluding carboxylic acids is 1. The maximum Gasteiger partial charge on any atom is 0.172 e. The minimum absolute atomic E-state index is 0.120. The van der Waals surface area contributed by atoms with Crippen molar-refractivity contribution in [3.63, 3.8) is 0 Å². The predicted octanol–water partition coefficient (Wildman–Crippen LogP) is 2.70. The molecule has 1 aliphatic heterocycles. The van der Waals surface area contributed by atoms with E-state index in [1.54, 1.807) is 0 Å². The van der Waals surface area contributed by atoms with E-state index in [2.05, 4.69) is 13.0 Å². The monoisotopic (exact) mass is 238 g/mol. The summed E-state index contributed by atoms with van der Waals surface area (Å²) < 4.78 is 11.7. The summed E-state index contributed by atoms with van der Waals surface area (Å²) in [7, 11) is 0. The Balaban J connectivity index is 2.29. The van der Waals surface area contributed by atoms with Crippen LogP contribution < -0.4 is 0 Å². The summed E-state index contributed by atoms with van der Waals surface area (Å²) in [6.07, 6.45) is 6.00. The maximum absolute atomic E-state index is 11.3. The molecule has 0 bridgehead atoms. The Kier molecular flexibility index (Phi) is 3.41. The lowest BCUT2D eigenvalue weighted by molar-refractivity contribution is -0.226. The highest BCUT2D eigenvalue weighted by Crippen LogP contribution is 2.49. The van der Waals surface area contributed by atoms with Crippen molar-refractivity contribution in [2.45, 2.75) is 45.8 Å². The first-order valence-corrected chi connectivity index (χ1v) is 6.42. The molecule has 1 unspecified atom stereocenters. The third-order valence-electron chi connectivity index (χ3n) is 4.18. The first kappa shape index (κ1) is 12.8. The molecule has 1 saturated heterocycles. The van der Waals surface area contributed by atoms with E-state index in [0.29, 0.717) is 13.2 Å². The Morgan fingerprint density at radius 3 is 2.53 bits per heavy atom. The lowest BCUT2D eigenvalue weighted by atomic mass is 9.67. The van der Waals surface area contributed by atoms with Crippen LogP contribution in [0.4, 0.5) is 0 Å². The van der Waals surface area contributed by atoms with Crippen LogP contribution in [0.5, 0.6) is 0 Å². The van der Waals surface area contributed by atoms with Gasteiger partial charge in [0.1, 0.15) is 6.29 Å². The number of carbonyl (C=O) groups is 1. The largest absolute Gasteiger partial charge is 0.347 e. The number of ether oxygens (including phenoxy) is 2. The van der Waals surface area contributed by atoms with Crippen molar-refractivity contribution in [1.29, 1.82) is 0 Å². The highest BCUT2D eigenvalue weighted by atomic mass is 16.7. The molecule has 1 saturated carbocycles.